The summed E-state index contributed by atoms with van der Waals surface area (Å²) in [5.74, 6) is 0.477. The number of hydrogen-bond donors (Lipinski definition) is 2. The Kier molecular flexibility index (Phi) is 7.15. The van der Waals surface area contributed by atoms with E-state index < -0.39 is 0 Å². The molecule has 0 saturated carbocycles. The fraction of sp³-hybridized carbons (Fsp3) is 0.588. The first-order valence-corrected chi connectivity index (χ1v) is 8.52. The van der Waals surface area contributed by atoms with Gasteiger partial charge in [-0.3, -0.25) is 4.90 Å². The molecule has 0 aromatic heterocycles. The Bertz CT molecular complexity index is 487. The van der Waals surface area contributed by atoms with Gasteiger partial charge >= 0.3 is 6.03 Å². The lowest BCUT2D eigenvalue weighted by Gasteiger charge is -2.36. The van der Waals surface area contributed by atoms with Gasteiger partial charge in [-0.05, 0) is 23.6 Å². The number of rotatable bonds is 6. The quantitative estimate of drug-likeness (QED) is 0.837. The van der Waals surface area contributed by atoms with Gasteiger partial charge in [-0.25, -0.2) is 4.79 Å². The Morgan fingerprint density at radius 3 is 2.48 bits per heavy atom. The molecule has 1 atom stereocenters. The molecular formula is C17H26ClN3O2. The number of ether oxygens (including phenoxy) is 1. The third-order valence-electron chi connectivity index (χ3n) is 4.12. The number of halogens is 1. The maximum absolute atomic E-state index is 12.0. The highest BCUT2D eigenvalue weighted by Crippen LogP contribution is 2.12. The smallest absolute Gasteiger partial charge is 0.315 e. The molecule has 0 unspecified atom stereocenters. The van der Waals surface area contributed by atoms with E-state index in [2.05, 4.69) is 29.4 Å². The molecule has 2 amide bonds. The number of amides is 2. The molecule has 1 heterocycles. The van der Waals surface area contributed by atoms with Gasteiger partial charge in [-0.15, -0.1) is 0 Å². The maximum atomic E-state index is 12.0. The summed E-state index contributed by atoms with van der Waals surface area (Å²) in [5.41, 5.74) is 1.03. The molecule has 1 fully saturated rings. The average Bonchev–Trinajstić information content (AvgIpc) is 2.55. The fourth-order valence-corrected chi connectivity index (χ4v) is 2.87. The minimum atomic E-state index is -0.140. The topological polar surface area (TPSA) is 53.6 Å². The predicted octanol–water partition coefficient (Wildman–Crippen LogP) is 2.50. The molecule has 6 heteroatoms. The van der Waals surface area contributed by atoms with Crippen molar-refractivity contribution in [2.24, 2.45) is 5.92 Å². The molecule has 0 radical (unpaired) electrons. The third-order valence-corrected chi connectivity index (χ3v) is 4.37. The number of carbonyl (C=O) groups is 1. The number of urea groups is 1. The molecule has 0 spiro atoms. The highest BCUT2D eigenvalue weighted by Gasteiger charge is 2.24. The summed E-state index contributed by atoms with van der Waals surface area (Å²) in [4.78, 5) is 14.4. The fourth-order valence-electron chi connectivity index (χ4n) is 2.74. The van der Waals surface area contributed by atoms with Gasteiger partial charge in [-0.1, -0.05) is 37.6 Å². The Morgan fingerprint density at radius 2 is 1.87 bits per heavy atom. The molecule has 1 aliphatic rings. The Hall–Kier alpha value is -1.30. The van der Waals surface area contributed by atoms with E-state index in [1.165, 1.54) is 0 Å². The summed E-state index contributed by atoms with van der Waals surface area (Å²) in [5, 5.41) is 6.56. The Morgan fingerprint density at radius 1 is 1.22 bits per heavy atom. The van der Waals surface area contributed by atoms with Gasteiger partial charge in [0.25, 0.3) is 0 Å². The van der Waals surface area contributed by atoms with Crippen LogP contribution in [0.25, 0.3) is 0 Å². The zero-order valence-corrected chi connectivity index (χ0v) is 14.6. The van der Waals surface area contributed by atoms with Crippen LogP contribution in [-0.4, -0.2) is 49.8 Å². The normalized spacial score (nSPS) is 17.0. The van der Waals surface area contributed by atoms with Gasteiger partial charge in [0, 0.05) is 37.2 Å². The van der Waals surface area contributed by atoms with Crippen LogP contribution in [0, 0.1) is 5.92 Å². The van der Waals surface area contributed by atoms with E-state index in [1.54, 1.807) is 0 Å². The molecule has 1 aromatic rings. The largest absolute Gasteiger partial charge is 0.379 e. The average molecular weight is 340 g/mol. The van der Waals surface area contributed by atoms with Crippen molar-refractivity contribution in [2.75, 3.05) is 32.8 Å². The van der Waals surface area contributed by atoms with Crippen LogP contribution >= 0.6 is 11.6 Å². The van der Waals surface area contributed by atoms with Crippen LogP contribution in [0.1, 0.15) is 19.4 Å². The summed E-state index contributed by atoms with van der Waals surface area (Å²) in [6, 6.07) is 7.66. The Labute approximate surface area is 143 Å². The predicted molar refractivity (Wildman–Crippen MR) is 92.7 cm³/mol. The van der Waals surface area contributed by atoms with Crippen molar-refractivity contribution in [2.45, 2.75) is 26.4 Å². The van der Waals surface area contributed by atoms with Crippen LogP contribution in [0.4, 0.5) is 4.79 Å². The van der Waals surface area contributed by atoms with Crippen LogP contribution in [0.5, 0.6) is 0 Å². The summed E-state index contributed by atoms with van der Waals surface area (Å²) < 4.78 is 5.40. The zero-order valence-electron chi connectivity index (χ0n) is 13.8. The first-order valence-electron chi connectivity index (χ1n) is 8.14. The van der Waals surface area contributed by atoms with Crippen LogP contribution in [0.15, 0.2) is 24.3 Å². The monoisotopic (exact) mass is 339 g/mol. The van der Waals surface area contributed by atoms with Gasteiger partial charge < -0.3 is 15.4 Å². The van der Waals surface area contributed by atoms with E-state index in [0.717, 1.165) is 31.9 Å². The minimum absolute atomic E-state index is 0.140. The number of nitrogens with one attached hydrogen (secondary N) is 2. The van der Waals surface area contributed by atoms with Crippen molar-refractivity contribution in [3.05, 3.63) is 34.9 Å². The second kappa shape index (κ2) is 9.11. The SMILES string of the molecule is CC(C)[C@@H](CNC(=O)NCc1ccc(Cl)cc1)N1CCOCC1. The summed E-state index contributed by atoms with van der Waals surface area (Å²) in [6.07, 6.45) is 0. The van der Waals surface area contributed by atoms with Crippen molar-refractivity contribution >= 4 is 17.6 Å². The lowest BCUT2D eigenvalue weighted by molar-refractivity contribution is 0.00719. The standard InChI is InChI=1S/C17H26ClN3O2/c1-13(2)16(21-7-9-23-10-8-21)12-20-17(22)19-11-14-3-5-15(18)6-4-14/h3-6,13,16H,7-12H2,1-2H3,(H2,19,20,22)/t16-/m1/s1. The van der Waals surface area contributed by atoms with Crippen molar-refractivity contribution in [3.8, 4) is 0 Å². The molecule has 1 aromatic carbocycles. The number of carbonyl (C=O) groups excluding carboxylic acids is 1. The third kappa shape index (κ3) is 6.01. The maximum Gasteiger partial charge on any atom is 0.315 e. The second-order valence-corrected chi connectivity index (χ2v) is 6.59. The van der Waals surface area contributed by atoms with E-state index in [1.807, 2.05) is 24.3 Å². The highest BCUT2D eigenvalue weighted by atomic mass is 35.5. The molecule has 1 aliphatic heterocycles. The lowest BCUT2D eigenvalue weighted by atomic mass is 10.0. The highest BCUT2D eigenvalue weighted by molar-refractivity contribution is 6.30. The number of hydrogen-bond acceptors (Lipinski definition) is 3. The molecule has 23 heavy (non-hydrogen) atoms. The molecule has 0 bridgehead atoms. The van der Waals surface area contributed by atoms with Gasteiger partial charge in [0.15, 0.2) is 0 Å². The zero-order chi connectivity index (χ0) is 16.7. The van der Waals surface area contributed by atoms with E-state index >= 15 is 0 Å². The first kappa shape index (κ1) is 18.0. The van der Waals surface area contributed by atoms with Crippen LogP contribution in [0.3, 0.4) is 0 Å². The Balaban J connectivity index is 1.75. The van der Waals surface area contributed by atoms with Gasteiger partial charge in [0.2, 0.25) is 0 Å². The van der Waals surface area contributed by atoms with Gasteiger partial charge in [-0.2, -0.15) is 0 Å². The van der Waals surface area contributed by atoms with Crippen molar-refractivity contribution in [3.63, 3.8) is 0 Å². The van der Waals surface area contributed by atoms with E-state index in [0.29, 0.717) is 30.1 Å². The summed E-state index contributed by atoms with van der Waals surface area (Å²) in [7, 11) is 0. The van der Waals surface area contributed by atoms with Gasteiger partial charge in [0.05, 0.1) is 13.2 Å². The van der Waals surface area contributed by atoms with E-state index in [4.69, 9.17) is 16.3 Å². The molecule has 5 nitrogen and oxygen atoms in total. The molecule has 2 N–H and O–H groups in total. The second-order valence-electron chi connectivity index (χ2n) is 6.15. The summed E-state index contributed by atoms with van der Waals surface area (Å²) >= 11 is 5.85. The first-order chi connectivity index (χ1) is 11.1. The van der Waals surface area contributed by atoms with Crippen LogP contribution < -0.4 is 10.6 Å². The van der Waals surface area contributed by atoms with Crippen LogP contribution in [-0.2, 0) is 11.3 Å². The minimum Gasteiger partial charge on any atom is -0.379 e. The van der Waals surface area contributed by atoms with Crippen molar-refractivity contribution in [1.29, 1.82) is 0 Å². The number of nitrogens with zero attached hydrogens (tertiary/aromatic N) is 1. The van der Waals surface area contributed by atoms with Crippen molar-refractivity contribution < 1.29 is 9.53 Å². The number of benzene rings is 1. The molecule has 128 valence electrons. The van der Waals surface area contributed by atoms with Gasteiger partial charge in [0.1, 0.15) is 0 Å². The van der Waals surface area contributed by atoms with E-state index in [-0.39, 0.29) is 6.03 Å². The van der Waals surface area contributed by atoms with E-state index in [9.17, 15) is 4.79 Å². The molecule has 1 saturated heterocycles. The molecule has 2 rings (SSSR count). The molecular weight excluding hydrogens is 314 g/mol. The van der Waals surface area contributed by atoms with Crippen LogP contribution in [0.2, 0.25) is 5.02 Å². The number of morpholine rings is 1. The lowest BCUT2D eigenvalue weighted by Crippen LogP contribution is -2.52. The van der Waals surface area contributed by atoms with Crippen molar-refractivity contribution in [1.82, 2.24) is 15.5 Å². The molecule has 0 aliphatic carbocycles. The summed E-state index contributed by atoms with van der Waals surface area (Å²) in [6.45, 7) is 8.91.